The van der Waals surface area contributed by atoms with Crippen molar-refractivity contribution in [1.82, 2.24) is 0 Å². The predicted molar refractivity (Wildman–Crippen MR) is 268 cm³/mol. The fraction of sp³-hybridized carbons (Fsp3) is 0.333. The van der Waals surface area contributed by atoms with E-state index in [-0.39, 0.29) is 21.3 Å². The standard InChI is InChI=1S/C60H70Si/c1-42-41-60(13,44(3)43(42)2)61(54-20-14-17-48(38-54)35-45-23-29-51(30-24-45)57(4,5)6,55-21-15-18-49(39-55)36-46-25-31-52(32-26-46)58(7,8)9)56-22-16-19-50(40-56)37-47-27-33-53(34-28-47)59(10,11)12/h14-34,38-41H,35-37H2,1-13H3. The van der Waals surface area contributed by atoms with Crippen LogP contribution in [0.15, 0.2) is 168 Å². The summed E-state index contributed by atoms with van der Waals surface area (Å²) in [5, 5.41) is 4.19. The molecule has 0 saturated carbocycles. The first kappa shape index (κ1) is 44.1. The molecule has 0 bridgehead atoms. The van der Waals surface area contributed by atoms with Gasteiger partial charge >= 0.3 is 0 Å². The van der Waals surface area contributed by atoms with Gasteiger partial charge in [-0.15, -0.1) is 0 Å². The smallest absolute Gasteiger partial charge is 0.0730 e. The molecule has 0 fully saturated rings. The van der Waals surface area contributed by atoms with Crippen LogP contribution in [0, 0.1) is 0 Å². The molecule has 7 rings (SSSR count). The summed E-state index contributed by atoms with van der Waals surface area (Å²) in [6.45, 7) is 30.3. The SMILES string of the molecule is CC1=CC(C)([Si](c2cccc(Cc3ccc(C(C)(C)C)cc3)c2)(c2cccc(Cc3ccc(C(C)(C)C)cc3)c2)c2cccc(Cc3ccc(C(C)(C)C)cc3)c2)C(C)=C1C. The Bertz CT molecular complexity index is 2310. The van der Waals surface area contributed by atoms with E-state index < -0.39 is 8.07 Å². The predicted octanol–water partition coefficient (Wildman–Crippen LogP) is 13.9. The minimum atomic E-state index is -2.94. The molecule has 0 radical (unpaired) electrons. The summed E-state index contributed by atoms with van der Waals surface area (Å²) < 4.78 is 0. The molecule has 0 amide bonds. The van der Waals surface area contributed by atoms with Gasteiger partial charge in [0.05, 0.1) is 0 Å². The van der Waals surface area contributed by atoms with Crippen molar-refractivity contribution >= 4 is 23.6 Å². The molecule has 6 aromatic carbocycles. The number of rotatable bonds is 10. The molecule has 0 aliphatic heterocycles. The Morgan fingerprint density at radius 1 is 0.393 bits per heavy atom. The van der Waals surface area contributed by atoms with E-state index in [0.29, 0.717) is 0 Å². The van der Waals surface area contributed by atoms with E-state index in [1.54, 1.807) is 0 Å². The summed E-state index contributed by atoms with van der Waals surface area (Å²) in [7, 11) is -2.94. The zero-order valence-corrected chi connectivity index (χ0v) is 40.6. The summed E-state index contributed by atoms with van der Waals surface area (Å²) in [6.07, 6.45) is 5.35. The Balaban J connectivity index is 1.43. The lowest BCUT2D eigenvalue weighted by Gasteiger charge is -2.47. The molecule has 1 heteroatoms. The van der Waals surface area contributed by atoms with Gasteiger partial charge in [0.2, 0.25) is 0 Å². The molecule has 0 aromatic heterocycles. The number of hydrogen-bond donors (Lipinski definition) is 0. The van der Waals surface area contributed by atoms with Crippen LogP contribution < -0.4 is 15.6 Å². The Labute approximate surface area is 370 Å². The minimum Gasteiger partial charge on any atom is -0.0730 e. The number of hydrogen-bond acceptors (Lipinski definition) is 0. The fourth-order valence-corrected chi connectivity index (χ4v) is 16.2. The lowest BCUT2D eigenvalue weighted by molar-refractivity contribution is 0.590. The minimum absolute atomic E-state index is 0.129. The van der Waals surface area contributed by atoms with E-state index >= 15 is 0 Å². The van der Waals surface area contributed by atoms with E-state index in [4.69, 9.17) is 0 Å². The van der Waals surface area contributed by atoms with Crippen molar-refractivity contribution in [3.05, 3.63) is 218 Å². The number of benzene rings is 6. The zero-order valence-electron chi connectivity index (χ0n) is 39.6. The van der Waals surface area contributed by atoms with E-state index in [1.165, 1.54) is 82.4 Å². The monoisotopic (exact) mass is 819 g/mol. The molecular formula is C60H70Si. The van der Waals surface area contributed by atoms with E-state index in [1.807, 2.05) is 0 Å². The van der Waals surface area contributed by atoms with Crippen LogP contribution in [0.2, 0.25) is 5.04 Å². The van der Waals surface area contributed by atoms with Crippen LogP contribution in [0.1, 0.15) is 140 Å². The second-order valence-electron chi connectivity index (χ2n) is 21.5. The van der Waals surface area contributed by atoms with Gasteiger partial charge in [-0.25, -0.2) is 0 Å². The van der Waals surface area contributed by atoms with Gasteiger partial charge in [0.25, 0.3) is 0 Å². The van der Waals surface area contributed by atoms with Crippen LogP contribution in [0.5, 0.6) is 0 Å². The van der Waals surface area contributed by atoms with Gasteiger partial charge in [0.15, 0.2) is 8.07 Å². The maximum absolute atomic E-state index is 2.94. The molecule has 1 atom stereocenters. The first-order valence-corrected chi connectivity index (χ1v) is 24.6. The highest BCUT2D eigenvalue weighted by Crippen LogP contribution is 2.53. The highest BCUT2D eigenvalue weighted by atomic mass is 28.3. The van der Waals surface area contributed by atoms with Crippen molar-refractivity contribution in [3.8, 4) is 0 Å². The van der Waals surface area contributed by atoms with Crippen LogP contribution in [0.4, 0.5) is 0 Å². The third-order valence-electron chi connectivity index (χ3n) is 14.0. The maximum Gasteiger partial charge on any atom is 0.161 e. The van der Waals surface area contributed by atoms with Gasteiger partial charge < -0.3 is 0 Å². The first-order chi connectivity index (χ1) is 28.7. The Morgan fingerprint density at radius 3 is 0.934 bits per heavy atom. The van der Waals surface area contributed by atoms with Gasteiger partial charge in [-0.05, 0) is 127 Å². The van der Waals surface area contributed by atoms with E-state index in [0.717, 1.165) is 19.3 Å². The molecule has 0 saturated heterocycles. The highest BCUT2D eigenvalue weighted by molar-refractivity contribution is 7.14. The molecule has 61 heavy (non-hydrogen) atoms. The molecule has 0 spiro atoms. The van der Waals surface area contributed by atoms with Gasteiger partial charge in [0.1, 0.15) is 0 Å². The van der Waals surface area contributed by atoms with Crippen LogP contribution in [0.3, 0.4) is 0 Å². The Kier molecular flexibility index (Phi) is 12.1. The molecule has 0 nitrogen and oxygen atoms in total. The number of allylic oxidation sites excluding steroid dienone is 4. The van der Waals surface area contributed by atoms with Crippen molar-refractivity contribution in [2.24, 2.45) is 0 Å². The Hall–Kier alpha value is -4.98. The summed E-state index contributed by atoms with van der Waals surface area (Å²) in [4.78, 5) is 0. The molecule has 1 unspecified atom stereocenters. The maximum atomic E-state index is 2.65. The van der Waals surface area contributed by atoms with Crippen molar-refractivity contribution in [2.45, 2.75) is 131 Å². The van der Waals surface area contributed by atoms with Crippen LogP contribution >= 0.6 is 0 Å². The molecule has 0 heterocycles. The van der Waals surface area contributed by atoms with Crippen molar-refractivity contribution < 1.29 is 0 Å². The topological polar surface area (TPSA) is 0 Å². The summed E-state index contributed by atoms with van der Waals surface area (Å²) in [6, 6.07) is 57.3. The quantitative estimate of drug-likeness (QED) is 0.0954. The fourth-order valence-electron chi connectivity index (χ4n) is 9.94. The van der Waals surface area contributed by atoms with Gasteiger partial charge in [-0.2, -0.15) is 0 Å². The third kappa shape index (κ3) is 9.01. The molecular weight excluding hydrogens is 749 g/mol. The van der Waals surface area contributed by atoms with Gasteiger partial charge in [-0.1, -0.05) is 232 Å². The van der Waals surface area contributed by atoms with E-state index in [2.05, 4.69) is 242 Å². The highest BCUT2D eigenvalue weighted by Gasteiger charge is 2.56. The zero-order chi connectivity index (χ0) is 44.0. The molecule has 1 aliphatic carbocycles. The largest absolute Gasteiger partial charge is 0.161 e. The van der Waals surface area contributed by atoms with Crippen LogP contribution in [-0.2, 0) is 35.5 Å². The van der Waals surface area contributed by atoms with Crippen molar-refractivity contribution in [2.75, 3.05) is 0 Å². The lowest BCUT2D eigenvalue weighted by atomic mass is 9.86. The summed E-state index contributed by atoms with van der Waals surface area (Å²) in [5.74, 6) is 0. The van der Waals surface area contributed by atoms with Crippen LogP contribution in [-0.4, -0.2) is 8.07 Å². The van der Waals surface area contributed by atoms with Crippen molar-refractivity contribution in [1.29, 1.82) is 0 Å². The summed E-state index contributed by atoms with van der Waals surface area (Å²) >= 11 is 0. The molecule has 314 valence electrons. The second kappa shape index (κ2) is 16.7. The Morgan fingerprint density at radius 2 is 0.689 bits per heavy atom. The lowest BCUT2D eigenvalue weighted by Crippen LogP contribution is -2.73. The van der Waals surface area contributed by atoms with Crippen LogP contribution in [0.25, 0.3) is 0 Å². The normalized spacial score (nSPS) is 16.2. The average Bonchev–Trinajstić information content (AvgIpc) is 3.40. The van der Waals surface area contributed by atoms with E-state index in [9.17, 15) is 0 Å². The third-order valence-corrected chi connectivity index (χ3v) is 19.6. The average molecular weight is 819 g/mol. The van der Waals surface area contributed by atoms with Gasteiger partial charge in [0, 0.05) is 5.04 Å². The van der Waals surface area contributed by atoms with Crippen molar-refractivity contribution in [3.63, 3.8) is 0 Å². The first-order valence-electron chi connectivity index (χ1n) is 22.6. The summed E-state index contributed by atoms with van der Waals surface area (Å²) in [5.41, 5.74) is 17.0. The van der Waals surface area contributed by atoms with Gasteiger partial charge in [-0.3, -0.25) is 0 Å². The second-order valence-corrected chi connectivity index (χ2v) is 25.8. The molecule has 6 aromatic rings. The molecule has 1 aliphatic rings. The molecule has 0 N–H and O–H groups in total.